The third-order valence-electron chi connectivity index (χ3n) is 7.45. The average molecular weight is 690 g/mol. The van der Waals surface area contributed by atoms with Crippen molar-refractivity contribution in [1.29, 1.82) is 5.26 Å². The predicted molar refractivity (Wildman–Crippen MR) is 155 cm³/mol. The number of benzene rings is 3. The third kappa shape index (κ3) is 7.13. The second kappa shape index (κ2) is 13.0. The van der Waals surface area contributed by atoms with Crippen molar-refractivity contribution in [3.63, 3.8) is 0 Å². The molecule has 14 heteroatoms. The lowest BCUT2D eigenvalue weighted by atomic mass is 9.94. The Hall–Kier alpha value is -3.59. The molecule has 1 aliphatic carbocycles. The zero-order chi connectivity index (χ0) is 33.4. The lowest BCUT2D eigenvalue weighted by Crippen LogP contribution is -2.18. The van der Waals surface area contributed by atoms with Gasteiger partial charge in [0.05, 0.1) is 22.6 Å². The largest absolute Gasteiger partial charge is 0.419 e. The summed E-state index contributed by atoms with van der Waals surface area (Å²) in [6.45, 7) is 1.58. The van der Waals surface area contributed by atoms with Crippen LogP contribution in [0.2, 0.25) is 5.02 Å². The van der Waals surface area contributed by atoms with Crippen LogP contribution in [0.15, 0.2) is 48.5 Å². The van der Waals surface area contributed by atoms with Crippen molar-refractivity contribution in [2.75, 3.05) is 5.32 Å². The van der Waals surface area contributed by atoms with E-state index in [1.54, 1.807) is 13.0 Å². The standard InChI is InChI=1S/C31H21Cl3F6N2O3/c1-2-14(13-41)24(43)12-19-22(35)7-4-16(28(19)37)10-25(44)18-11-17(5-6-21(18)32)42-29(45)27-26(30(27,33)34)15-3-8-23(36)20(9-15)31(38,39)40/h3-9,11,14,26-27H,2,10,12H2,1H3,(H,42,45)/t14?,26-,27+/m0/s1. The van der Waals surface area contributed by atoms with E-state index in [9.17, 15) is 36.3 Å². The summed E-state index contributed by atoms with van der Waals surface area (Å²) < 4.78 is 81.2. The maximum absolute atomic E-state index is 15.2. The molecule has 1 unspecified atom stereocenters. The van der Waals surface area contributed by atoms with Gasteiger partial charge in [-0.3, -0.25) is 14.4 Å². The van der Waals surface area contributed by atoms with Gasteiger partial charge in [-0.25, -0.2) is 13.2 Å². The first-order valence-electron chi connectivity index (χ1n) is 13.3. The predicted octanol–water partition coefficient (Wildman–Crippen LogP) is 8.39. The van der Waals surface area contributed by atoms with Crippen LogP contribution in [0.1, 0.15) is 51.9 Å². The van der Waals surface area contributed by atoms with Crippen LogP contribution in [0.25, 0.3) is 0 Å². The Kier molecular flexibility index (Phi) is 9.93. The van der Waals surface area contributed by atoms with Crippen molar-refractivity contribution in [1.82, 2.24) is 0 Å². The first-order chi connectivity index (χ1) is 21.0. The number of halogens is 9. The zero-order valence-corrected chi connectivity index (χ0v) is 25.3. The Morgan fingerprint density at radius 3 is 2.29 bits per heavy atom. The molecule has 1 amide bonds. The van der Waals surface area contributed by atoms with Gasteiger partial charge < -0.3 is 5.32 Å². The van der Waals surface area contributed by atoms with Gasteiger partial charge >= 0.3 is 6.18 Å². The van der Waals surface area contributed by atoms with Gasteiger partial charge in [0.1, 0.15) is 27.7 Å². The summed E-state index contributed by atoms with van der Waals surface area (Å²) in [5.41, 5.74) is -2.62. The van der Waals surface area contributed by atoms with Gasteiger partial charge in [-0.2, -0.15) is 18.4 Å². The molecule has 0 aliphatic heterocycles. The smallest absolute Gasteiger partial charge is 0.326 e. The number of hydrogen-bond donors (Lipinski definition) is 1. The minimum atomic E-state index is -4.99. The van der Waals surface area contributed by atoms with E-state index in [2.05, 4.69) is 5.32 Å². The molecule has 0 heterocycles. The highest BCUT2D eigenvalue weighted by atomic mass is 35.5. The number of anilines is 1. The van der Waals surface area contributed by atoms with Crippen molar-refractivity contribution >= 4 is 58.0 Å². The van der Waals surface area contributed by atoms with Crippen molar-refractivity contribution in [2.24, 2.45) is 11.8 Å². The number of nitrogens with zero attached hydrogens (tertiary/aromatic N) is 1. The minimum absolute atomic E-state index is 0.0191. The highest BCUT2D eigenvalue weighted by Crippen LogP contribution is 2.65. The summed E-state index contributed by atoms with van der Waals surface area (Å²) in [6, 6.07) is 9.64. The highest BCUT2D eigenvalue weighted by Gasteiger charge is 2.67. The molecule has 236 valence electrons. The van der Waals surface area contributed by atoms with E-state index in [1.807, 2.05) is 0 Å². The Morgan fingerprint density at radius 2 is 1.67 bits per heavy atom. The molecular formula is C31H21Cl3F6N2O3. The Bertz CT molecular complexity index is 1740. The van der Waals surface area contributed by atoms with Gasteiger partial charge in [-0.1, -0.05) is 30.7 Å². The maximum atomic E-state index is 15.2. The Labute approximate surface area is 268 Å². The summed E-state index contributed by atoms with van der Waals surface area (Å²) in [5.74, 6) is -9.28. The number of carbonyl (C=O) groups is 3. The molecule has 0 bridgehead atoms. The number of Topliss-reactive ketones (excluding diaryl/α,β-unsaturated/α-hetero) is 2. The van der Waals surface area contributed by atoms with Gasteiger partial charge in [-0.05, 0) is 53.9 Å². The number of alkyl halides is 5. The highest BCUT2D eigenvalue weighted by molar-refractivity contribution is 6.53. The molecule has 1 saturated carbocycles. The van der Waals surface area contributed by atoms with E-state index in [-0.39, 0.29) is 33.8 Å². The molecule has 5 nitrogen and oxygen atoms in total. The van der Waals surface area contributed by atoms with Crippen LogP contribution in [0.5, 0.6) is 0 Å². The SMILES string of the molecule is CCC(C#N)C(=O)Cc1c(F)ccc(CC(=O)c2cc(NC(=O)[C@H]3[C@H](c4ccc(F)c(C(F)(F)F)c4)C3(Cl)Cl)ccc2Cl)c1F. The molecule has 0 radical (unpaired) electrons. The van der Waals surface area contributed by atoms with Crippen LogP contribution < -0.4 is 5.32 Å². The zero-order valence-electron chi connectivity index (χ0n) is 23.0. The molecule has 3 aromatic carbocycles. The van der Waals surface area contributed by atoms with E-state index in [0.29, 0.717) is 12.1 Å². The van der Waals surface area contributed by atoms with Crippen molar-refractivity contribution in [2.45, 2.75) is 42.6 Å². The second-order valence-electron chi connectivity index (χ2n) is 10.4. The normalized spacial score (nSPS) is 17.7. The maximum Gasteiger partial charge on any atom is 0.419 e. The first-order valence-corrected chi connectivity index (χ1v) is 14.4. The van der Waals surface area contributed by atoms with Crippen molar-refractivity contribution < 1.29 is 40.7 Å². The molecule has 3 atom stereocenters. The van der Waals surface area contributed by atoms with Crippen LogP contribution in [-0.4, -0.2) is 21.8 Å². The number of nitrogens with one attached hydrogen (secondary N) is 1. The number of rotatable bonds is 10. The van der Waals surface area contributed by atoms with Crippen LogP contribution in [0.3, 0.4) is 0 Å². The Balaban J connectivity index is 1.52. The van der Waals surface area contributed by atoms with Crippen LogP contribution in [-0.2, 0) is 28.6 Å². The van der Waals surface area contributed by atoms with Crippen molar-refractivity contribution in [3.8, 4) is 6.07 Å². The van der Waals surface area contributed by atoms with Gasteiger partial charge in [0.2, 0.25) is 5.91 Å². The van der Waals surface area contributed by atoms with Crippen LogP contribution >= 0.6 is 34.8 Å². The molecule has 1 fully saturated rings. The van der Waals surface area contributed by atoms with E-state index in [4.69, 9.17) is 40.1 Å². The molecule has 1 N–H and O–H groups in total. The Morgan fingerprint density at radius 1 is 1.00 bits per heavy atom. The number of amides is 1. The topological polar surface area (TPSA) is 87.0 Å². The fourth-order valence-electron chi connectivity index (χ4n) is 4.96. The number of ketones is 2. The molecular weight excluding hydrogens is 669 g/mol. The van der Waals surface area contributed by atoms with Gasteiger partial charge in [0.15, 0.2) is 11.6 Å². The summed E-state index contributed by atoms with van der Waals surface area (Å²) in [5, 5.41) is 11.5. The van der Waals surface area contributed by atoms with Gasteiger partial charge in [0.25, 0.3) is 0 Å². The molecule has 1 aliphatic rings. The minimum Gasteiger partial charge on any atom is -0.326 e. The first kappa shape index (κ1) is 34.3. The molecule has 0 spiro atoms. The lowest BCUT2D eigenvalue weighted by molar-refractivity contribution is -0.140. The number of nitriles is 1. The molecule has 0 aromatic heterocycles. The van der Waals surface area contributed by atoms with E-state index in [0.717, 1.165) is 18.2 Å². The summed E-state index contributed by atoms with van der Waals surface area (Å²) in [6.07, 6.45) is -6.13. The number of carbonyl (C=O) groups excluding carboxylic acids is 3. The van der Waals surface area contributed by atoms with E-state index >= 15 is 4.39 Å². The quantitative estimate of drug-likeness (QED) is 0.132. The fraction of sp³-hybridized carbons (Fsp3) is 0.290. The third-order valence-corrected chi connectivity index (χ3v) is 8.72. The lowest BCUT2D eigenvalue weighted by Gasteiger charge is -2.12. The number of hydrogen-bond acceptors (Lipinski definition) is 4. The van der Waals surface area contributed by atoms with E-state index in [1.165, 1.54) is 18.2 Å². The van der Waals surface area contributed by atoms with Crippen molar-refractivity contribution in [3.05, 3.63) is 98.8 Å². The monoisotopic (exact) mass is 688 g/mol. The van der Waals surface area contributed by atoms with Gasteiger partial charge in [-0.15, -0.1) is 23.2 Å². The molecule has 3 aromatic rings. The van der Waals surface area contributed by atoms with Crippen LogP contribution in [0.4, 0.5) is 32.0 Å². The molecule has 4 rings (SSSR count). The summed E-state index contributed by atoms with van der Waals surface area (Å²) >= 11 is 18.6. The second-order valence-corrected chi connectivity index (χ2v) is 12.2. The van der Waals surface area contributed by atoms with Gasteiger partial charge in [0, 0.05) is 35.6 Å². The van der Waals surface area contributed by atoms with Crippen LogP contribution in [0, 0.1) is 40.6 Å². The molecule has 45 heavy (non-hydrogen) atoms. The van der Waals surface area contributed by atoms with E-state index < -0.39 is 87.2 Å². The summed E-state index contributed by atoms with van der Waals surface area (Å²) in [7, 11) is 0. The average Bonchev–Trinajstić information content (AvgIpc) is 3.55. The molecule has 0 saturated heterocycles. The fourth-order valence-corrected chi connectivity index (χ4v) is 6.01. The summed E-state index contributed by atoms with van der Waals surface area (Å²) in [4.78, 5) is 38.5.